The summed E-state index contributed by atoms with van der Waals surface area (Å²) in [6.07, 6.45) is -5.04. The highest BCUT2D eigenvalue weighted by Gasteiger charge is 2.35. The summed E-state index contributed by atoms with van der Waals surface area (Å²) in [5, 5.41) is 2.72. The number of alkyl halides is 3. The molecule has 1 heterocycles. The normalized spacial score (nSPS) is 15.8. The van der Waals surface area contributed by atoms with Gasteiger partial charge in [-0.25, -0.2) is 0 Å². The van der Waals surface area contributed by atoms with E-state index in [9.17, 15) is 18.0 Å². The van der Waals surface area contributed by atoms with Gasteiger partial charge < -0.3 is 15.0 Å². The van der Waals surface area contributed by atoms with Gasteiger partial charge in [-0.15, -0.1) is 12.4 Å². The molecule has 2 aromatic rings. The molecule has 0 aliphatic carbocycles. The molecule has 170 valence electrons. The maximum absolute atomic E-state index is 13.5. The molecule has 0 spiro atoms. The first-order chi connectivity index (χ1) is 13.9. The summed E-state index contributed by atoms with van der Waals surface area (Å²) in [6.45, 7) is 9.31. The van der Waals surface area contributed by atoms with Crippen molar-refractivity contribution in [3.63, 3.8) is 0 Å². The van der Waals surface area contributed by atoms with Gasteiger partial charge in [0.1, 0.15) is 5.75 Å². The predicted molar refractivity (Wildman–Crippen MR) is 118 cm³/mol. The molecule has 0 saturated carbocycles. The molecule has 0 bridgehead atoms. The number of hydrogen-bond acceptors (Lipinski definition) is 3. The topological polar surface area (TPSA) is 41.6 Å². The van der Waals surface area contributed by atoms with Crippen LogP contribution in [0.2, 0.25) is 0 Å². The van der Waals surface area contributed by atoms with E-state index in [4.69, 9.17) is 4.74 Å². The van der Waals surface area contributed by atoms with Gasteiger partial charge in [0.15, 0.2) is 0 Å². The Hall–Kier alpha value is -2.25. The van der Waals surface area contributed by atoms with Crippen LogP contribution < -0.4 is 10.1 Å². The number of hydrogen-bond donors (Lipinski definition) is 1. The number of nitrogens with zero attached hydrogens (tertiary/aromatic N) is 1. The highest BCUT2D eigenvalue weighted by molar-refractivity contribution is 6.04. The van der Waals surface area contributed by atoms with Gasteiger partial charge in [0.2, 0.25) is 0 Å². The van der Waals surface area contributed by atoms with Gasteiger partial charge >= 0.3 is 6.18 Å². The van der Waals surface area contributed by atoms with Crippen LogP contribution in [0.25, 0.3) is 0 Å². The Balaban J connectivity index is 0.00000341. The summed E-state index contributed by atoms with van der Waals surface area (Å²) in [4.78, 5) is 14.9. The molecule has 0 fully saturated rings. The third-order valence-electron chi connectivity index (χ3n) is 5.11. The molecular weight excluding hydrogens is 429 g/mol. The Morgan fingerprint density at radius 2 is 1.84 bits per heavy atom. The van der Waals surface area contributed by atoms with Gasteiger partial charge in [0.05, 0.1) is 11.7 Å². The Morgan fingerprint density at radius 1 is 1.16 bits per heavy atom. The van der Waals surface area contributed by atoms with Crippen molar-refractivity contribution in [1.29, 1.82) is 0 Å². The molecular formula is C23H28ClF3N2O2. The van der Waals surface area contributed by atoms with E-state index in [0.717, 1.165) is 24.7 Å². The zero-order valence-corrected chi connectivity index (χ0v) is 19.1. The van der Waals surface area contributed by atoms with Gasteiger partial charge in [-0.05, 0) is 62.4 Å². The van der Waals surface area contributed by atoms with Crippen molar-refractivity contribution in [2.24, 2.45) is 0 Å². The fourth-order valence-corrected chi connectivity index (χ4v) is 4.02. The summed E-state index contributed by atoms with van der Waals surface area (Å²) in [6, 6.07) is 9.05. The van der Waals surface area contributed by atoms with Gasteiger partial charge in [0.25, 0.3) is 5.91 Å². The van der Waals surface area contributed by atoms with Gasteiger partial charge in [-0.3, -0.25) is 4.79 Å². The fraction of sp³-hybridized carbons (Fsp3) is 0.435. The van der Waals surface area contributed by atoms with E-state index >= 15 is 0 Å². The van der Waals surface area contributed by atoms with E-state index in [1.807, 2.05) is 19.2 Å². The highest BCUT2D eigenvalue weighted by Crippen LogP contribution is 2.38. The summed E-state index contributed by atoms with van der Waals surface area (Å²) in [5.74, 6) is -0.881. The van der Waals surface area contributed by atoms with Crippen molar-refractivity contribution in [3.8, 4) is 5.75 Å². The summed E-state index contributed by atoms with van der Waals surface area (Å²) in [5.41, 5.74) is 1.82. The highest BCUT2D eigenvalue weighted by atomic mass is 35.5. The Bertz CT molecular complexity index is 958. The maximum atomic E-state index is 13.5. The molecule has 1 aliphatic rings. The average Bonchev–Trinajstić information content (AvgIpc) is 2.59. The van der Waals surface area contributed by atoms with Crippen molar-refractivity contribution >= 4 is 24.0 Å². The Kier molecular flexibility index (Phi) is 7.33. The van der Waals surface area contributed by atoms with Crippen molar-refractivity contribution in [2.75, 3.05) is 18.9 Å². The molecule has 0 radical (unpaired) electrons. The van der Waals surface area contributed by atoms with Crippen LogP contribution in [-0.4, -0.2) is 30.5 Å². The molecule has 3 rings (SSSR count). The molecule has 0 saturated heterocycles. The number of fused-ring (bicyclic) bond motifs is 1. The molecule has 1 N–H and O–H groups in total. The number of likely N-dealkylation sites (N-methyl/N-ethyl adjacent to an activating group) is 1. The van der Waals surface area contributed by atoms with Gasteiger partial charge in [-0.2, -0.15) is 13.2 Å². The molecule has 31 heavy (non-hydrogen) atoms. The lowest BCUT2D eigenvalue weighted by molar-refractivity contribution is -0.139. The molecule has 1 aliphatic heterocycles. The van der Waals surface area contributed by atoms with Gasteiger partial charge in [-0.1, -0.05) is 19.9 Å². The number of nitrogens with one attached hydrogen (secondary N) is 1. The second-order valence-electron chi connectivity index (χ2n) is 8.76. The number of ether oxygens (including phenoxy) is 1. The minimum absolute atomic E-state index is 0. The van der Waals surface area contributed by atoms with Crippen LogP contribution in [0.4, 0.5) is 18.9 Å². The van der Waals surface area contributed by atoms with Crippen molar-refractivity contribution < 1.29 is 22.7 Å². The first-order valence-electron chi connectivity index (χ1n) is 9.88. The van der Waals surface area contributed by atoms with E-state index in [0.29, 0.717) is 5.69 Å². The smallest absolute Gasteiger partial charge is 0.419 e. The lowest BCUT2D eigenvalue weighted by atomic mass is 9.78. The molecule has 0 unspecified atom stereocenters. The molecule has 1 amide bonds. The van der Waals surface area contributed by atoms with E-state index in [-0.39, 0.29) is 29.1 Å². The van der Waals surface area contributed by atoms with Crippen LogP contribution in [0.5, 0.6) is 5.75 Å². The molecule has 0 atom stereocenters. The number of rotatable bonds is 4. The lowest BCUT2D eigenvalue weighted by Crippen LogP contribution is -2.39. The number of anilines is 1. The third-order valence-corrected chi connectivity index (χ3v) is 5.11. The largest absolute Gasteiger partial charge is 0.490 e. The second kappa shape index (κ2) is 9.09. The minimum atomic E-state index is -4.62. The molecule has 0 aromatic heterocycles. The monoisotopic (exact) mass is 456 g/mol. The van der Waals surface area contributed by atoms with E-state index in [1.165, 1.54) is 17.7 Å². The van der Waals surface area contributed by atoms with Crippen LogP contribution in [-0.2, 0) is 18.1 Å². The van der Waals surface area contributed by atoms with Crippen molar-refractivity contribution in [3.05, 3.63) is 58.7 Å². The summed E-state index contributed by atoms with van der Waals surface area (Å²) in [7, 11) is 2.04. The minimum Gasteiger partial charge on any atom is -0.490 e. The lowest BCUT2D eigenvalue weighted by Gasteiger charge is -2.38. The van der Waals surface area contributed by atoms with E-state index < -0.39 is 23.8 Å². The molecule has 2 aromatic carbocycles. The quantitative estimate of drug-likeness (QED) is 0.623. The Morgan fingerprint density at radius 3 is 2.45 bits per heavy atom. The van der Waals surface area contributed by atoms with Gasteiger partial charge in [0, 0.05) is 29.8 Å². The van der Waals surface area contributed by atoms with E-state index in [1.54, 1.807) is 19.9 Å². The van der Waals surface area contributed by atoms with Crippen molar-refractivity contribution in [1.82, 2.24) is 4.90 Å². The average molecular weight is 457 g/mol. The standard InChI is InChI=1S/C23H27F3N2O2.ClH/c1-14(2)30-20-9-6-15(11-19(20)23(24,25)26)21(29)27-17-7-8-18-16(10-17)12-28(5)13-22(18,3)4;/h6-11,14H,12-13H2,1-5H3,(H,27,29);1H. The second-order valence-corrected chi connectivity index (χ2v) is 8.76. The SMILES string of the molecule is CC(C)Oc1ccc(C(=O)Nc2ccc3c(c2)CN(C)CC3(C)C)cc1C(F)(F)F.Cl. The van der Waals surface area contributed by atoms with Crippen molar-refractivity contribution in [2.45, 2.75) is 51.9 Å². The maximum Gasteiger partial charge on any atom is 0.419 e. The predicted octanol–water partition coefficient (Wildman–Crippen LogP) is 5.89. The summed E-state index contributed by atoms with van der Waals surface area (Å²) >= 11 is 0. The van der Waals surface area contributed by atoms with Crippen LogP contribution in [0.15, 0.2) is 36.4 Å². The number of benzene rings is 2. The van der Waals surface area contributed by atoms with Crippen LogP contribution in [0.3, 0.4) is 0 Å². The summed E-state index contributed by atoms with van der Waals surface area (Å²) < 4.78 is 45.6. The number of carbonyl (C=O) groups excluding carboxylic acids is 1. The van der Waals surface area contributed by atoms with E-state index in [2.05, 4.69) is 24.1 Å². The first-order valence-corrected chi connectivity index (χ1v) is 9.88. The Labute approximate surface area is 187 Å². The number of carbonyl (C=O) groups is 1. The number of amides is 1. The fourth-order valence-electron chi connectivity index (χ4n) is 4.02. The van der Waals surface area contributed by atoms with Crippen LogP contribution in [0.1, 0.15) is 54.7 Å². The van der Waals surface area contributed by atoms with Crippen LogP contribution >= 0.6 is 12.4 Å². The number of halogens is 4. The first kappa shape index (κ1) is 25.0. The molecule has 8 heteroatoms. The molecule has 4 nitrogen and oxygen atoms in total. The van der Waals surface area contributed by atoms with Crippen LogP contribution in [0, 0.1) is 0 Å². The zero-order chi connectivity index (χ0) is 22.3. The zero-order valence-electron chi connectivity index (χ0n) is 18.3. The third kappa shape index (κ3) is 5.71.